The van der Waals surface area contributed by atoms with E-state index in [-0.39, 0.29) is 11.9 Å². The van der Waals surface area contributed by atoms with Crippen LogP contribution in [-0.4, -0.2) is 24.0 Å². The molecule has 0 bridgehead atoms. The zero-order valence-electron chi connectivity index (χ0n) is 10.2. The average Bonchev–Trinajstić information content (AvgIpc) is 2.44. The van der Waals surface area contributed by atoms with Crippen molar-refractivity contribution in [1.29, 1.82) is 0 Å². The summed E-state index contributed by atoms with van der Waals surface area (Å²) < 4.78 is 0. The van der Waals surface area contributed by atoms with Gasteiger partial charge in [-0.05, 0) is 31.6 Å². The summed E-state index contributed by atoms with van der Waals surface area (Å²) in [6.45, 7) is 6.02. The van der Waals surface area contributed by atoms with E-state index in [4.69, 9.17) is 5.73 Å². The Morgan fingerprint density at radius 3 is 2.50 bits per heavy atom. The normalized spacial score (nSPS) is 24.8. The molecule has 0 spiro atoms. The van der Waals surface area contributed by atoms with Gasteiger partial charge in [-0.3, -0.25) is 4.79 Å². The third kappa shape index (κ3) is 3.72. The van der Waals surface area contributed by atoms with Gasteiger partial charge in [0.2, 0.25) is 5.91 Å². The topological polar surface area (TPSA) is 84.2 Å². The maximum Gasteiger partial charge on any atom is 0.312 e. The predicted molar refractivity (Wildman–Crippen MR) is 61.7 cm³/mol. The van der Waals surface area contributed by atoms with E-state index in [1.165, 1.54) is 0 Å². The second-order valence-electron chi connectivity index (χ2n) is 5.34. The van der Waals surface area contributed by atoms with Crippen LogP contribution in [0.15, 0.2) is 0 Å². The van der Waals surface area contributed by atoms with Gasteiger partial charge < -0.3 is 16.4 Å². The number of carbonyl (C=O) groups is 2. The second kappa shape index (κ2) is 4.72. The van der Waals surface area contributed by atoms with Crippen LogP contribution in [0.25, 0.3) is 0 Å². The zero-order valence-corrected chi connectivity index (χ0v) is 10.2. The predicted octanol–water partition coefficient (Wildman–Crippen LogP) is 0.738. The lowest BCUT2D eigenvalue weighted by Gasteiger charge is -2.19. The Hall–Kier alpha value is -1.26. The molecule has 1 aliphatic carbocycles. The van der Waals surface area contributed by atoms with Gasteiger partial charge in [0.15, 0.2) is 0 Å². The van der Waals surface area contributed by atoms with Gasteiger partial charge in [-0.15, -0.1) is 0 Å². The second-order valence-corrected chi connectivity index (χ2v) is 5.34. The molecule has 2 atom stereocenters. The molecule has 5 heteroatoms. The minimum absolute atomic E-state index is 0.165. The van der Waals surface area contributed by atoms with E-state index in [1.807, 2.05) is 0 Å². The Morgan fingerprint density at radius 1 is 1.44 bits per heavy atom. The monoisotopic (exact) mass is 227 g/mol. The summed E-state index contributed by atoms with van der Waals surface area (Å²) in [4.78, 5) is 22.2. The van der Waals surface area contributed by atoms with Crippen LogP contribution < -0.4 is 16.4 Å². The van der Waals surface area contributed by atoms with Crippen LogP contribution in [0.1, 0.15) is 40.0 Å². The van der Waals surface area contributed by atoms with E-state index in [0.29, 0.717) is 5.41 Å². The molecule has 0 aromatic rings. The van der Waals surface area contributed by atoms with Crippen LogP contribution in [-0.2, 0) is 4.79 Å². The highest BCUT2D eigenvalue weighted by atomic mass is 16.2. The number of nitrogens with two attached hydrogens (primary N) is 1. The molecule has 1 aliphatic rings. The van der Waals surface area contributed by atoms with Crippen LogP contribution in [0, 0.1) is 5.41 Å². The van der Waals surface area contributed by atoms with Gasteiger partial charge in [0.25, 0.3) is 0 Å². The van der Waals surface area contributed by atoms with Gasteiger partial charge in [0.1, 0.15) is 6.04 Å². The van der Waals surface area contributed by atoms with Gasteiger partial charge in [-0.2, -0.15) is 0 Å². The number of hydrogen-bond donors (Lipinski definition) is 3. The van der Waals surface area contributed by atoms with Crippen molar-refractivity contribution in [2.75, 3.05) is 0 Å². The molecule has 92 valence electrons. The van der Waals surface area contributed by atoms with Crippen molar-refractivity contribution in [3.63, 3.8) is 0 Å². The van der Waals surface area contributed by atoms with Gasteiger partial charge in [0, 0.05) is 6.04 Å². The molecular formula is C11H21N3O2. The summed E-state index contributed by atoms with van der Waals surface area (Å²) in [6, 6.07) is -1.02. The fraction of sp³-hybridized carbons (Fsp3) is 0.818. The summed E-state index contributed by atoms with van der Waals surface area (Å²) >= 11 is 0. The number of rotatable bonds is 3. The molecule has 3 amide bonds. The first-order chi connectivity index (χ1) is 7.30. The molecule has 4 N–H and O–H groups in total. The number of hydrogen-bond acceptors (Lipinski definition) is 2. The maximum absolute atomic E-state index is 11.7. The van der Waals surface area contributed by atoms with Crippen molar-refractivity contribution in [3.05, 3.63) is 0 Å². The van der Waals surface area contributed by atoms with Gasteiger partial charge in [-0.1, -0.05) is 13.8 Å². The Labute approximate surface area is 96.1 Å². The quantitative estimate of drug-likeness (QED) is 0.664. The van der Waals surface area contributed by atoms with Gasteiger partial charge in [-0.25, -0.2) is 4.79 Å². The fourth-order valence-electron chi connectivity index (χ4n) is 2.16. The van der Waals surface area contributed by atoms with Crippen molar-refractivity contribution < 1.29 is 9.59 Å². The van der Waals surface area contributed by atoms with Crippen molar-refractivity contribution in [1.82, 2.24) is 10.6 Å². The summed E-state index contributed by atoms with van der Waals surface area (Å²) in [5.74, 6) is -0.165. The standard InChI is InChI=1S/C11H21N3O2/c1-7(13-10(12)16)9(15)14-8-4-5-11(2,3)6-8/h7-8H,4-6H2,1-3H3,(H,14,15)(H3,12,13,16). The summed E-state index contributed by atoms with van der Waals surface area (Å²) in [6.07, 6.45) is 3.11. The summed E-state index contributed by atoms with van der Waals surface area (Å²) in [7, 11) is 0. The van der Waals surface area contributed by atoms with Crippen molar-refractivity contribution in [2.24, 2.45) is 11.1 Å². The number of primary amides is 1. The molecule has 1 rings (SSSR count). The molecule has 1 fully saturated rings. The molecule has 0 aromatic carbocycles. The van der Waals surface area contributed by atoms with E-state index in [0.717, 1.165) is 19.3 Å². The highest BCUT2D eigenvalue weighted by Crippen LogP contribution is 2.36. The maximum atomic E-state index is 11.7. The molecular weight excluding hydrogens is 206 g/mol. The van der Waals surface area contributed by atoms with E-state index in [9.17, 15) is 9.59 Å². The fourth-order valence-corrected chi connectivity index (χ4v) is 2.16. The van der Waals surface area contributed by atoms with Crippen molar-refractivity contribution in [2.45, 2.75) is 52.1 Å². The van der Waals surface area contributed by atoms with Crippen LogP contribution in [0.4, 0.5) is 4.79 Å². The molecule has 1 saturated carbocycles. The molecule has 2 unspecified atom stereocenters. The lowest BCUT2D eigenvalue weighted by atomic mass is 9.92. The number of carbonyl (C=O) groups excluding carboxylic acids is 2. The number of amides is 3. The molecule has 16 heavy (non-hydrogen) atoms. The Balaban J connectivity index is 2.38. The van der Waals surface area contributed by atoms with Crippen molar-refractivity contribution in [3.8, 4) is 0 Å². The molecule has 0 heterocycles. The molecule has 0 saturated heterocycles. The van der Waals surface area contributed by atoms with Crippen LogP contribution in [0.5, 0.6) is 0 Å². The molecule has 5 nitrogen and oxygen atoms in total. The van der Waals surface area contributed by atoms with E-state index in [2.05, 4.69) is 24.5 Å². The van der Waals surface area contributed by atoms with E-state index < -0.39 is 12.1 Å². The smallest absolute Gasteiger partial charge is 0.312 e. The van der Waals surface area contributed by atoms with E-state index in [1.54, 1.807) is 6.92 Å². The summed E-state index contributed by atoms with van der Waals surface area (Å²) in [5, 5.41) is 5.29. The SMILES string of the molecule is CC(NC(N)=O)C(=O)NC1CCC(C)(C)C1. The first kappa shape index (κ1) is 12.8. The van der Waals surface area contributed by atoms with Crippen LogP contribution >= 0.6 is 0 Å². The van der Waals surface area contributed by atoms with Crippen LogP contribution in [0.2, 0.25) is 0 Å². The number of nitrogens with one attached hydrogen (secondary N) is 2. The third-order valence-electron chi connectivity index (χ3n) is 3.07. The molecule has 0 aliphatic heterocycles. The largest absolute Gasteiger partial charge is 0.352 e. The Kier molecular flexibility index (Phi) is 3.78. The van der Waals surface area contributed by atoms with E-state index >= 15 is 0 Å². The zero-order chi connectivity index (χ0) is 12.3. The van der Waals surface area contributed by atoms with Crippen LogP contribution in [0.3, 0.4) is 0 Å². The lowest BCUT2D eigenvalue weighted by Crippen LogP contribution is -2.49. The summed E-state index contributed by atoms with van der Waals surface area (Å²) in [5.41, 5.74) is 5.26. The first-order valence-corrected chi connectivity index (χ1v) is 5.66. The number of urea groups is 1. The highest BCUT2D eigenvalue weighted by molar-refractivity contribution is 5.86. The minimum atomic E-state index is -0.672. The highest BCUT2D eigenvalue weighted by Gasteiger charge is 2.32. The first-order valence-electron chi connectivity index (χ1n) is 5.66. The average molecular weight is 227 g/mol. The Morgan fingerprint density at radius 2 is 2.06 bits per heavy atom. The van der Waals surface area contributed by atoms with Gasteiger partial charge >= 0.3 is 6.03 Å². The minimum Gasteiger partial charge on any atom is -0.352 e. The van der Waals surface area contributed by atoms with Gasteiger partial charge in [0.05, 0.1) is 0 Å². The Bertz CT molecular complexity index is 289. The lowest BCUT2D eigenvalue weighted by molar-refractivity contribution is -0.123. The van der Waals surface area contributed by atoms with Crippen molar-refractivity contribution >= 4 is 11.9 Å². The third-order valence-corrected chi connectivity index (χ3v) is 3.07. The molecule has 0 radical (unpaired) electrons. The molecule has 0 aromatic heterocycles.